The average molecular weight is 960 g/mol. The van der Waals surface area contributed by atoms with Crippen LogP contribution in [0.3, 0.4) is 0 Å². The van der Waals surface area contributed by atoms with Crippen LogP contribution in [0.1, 0.15) is 265 Å². The monoisotopic (exact) mass is 959 g/mol. The number of ether oxygens (including phenoxy) is 3. The third kappa shape index (κ3) is 55.1. The Labute approximate surface area is 426 Å². The van der Waals surface area contributed by atoms with E-state index in [0.29, 0.717) is 12.8 Å². The van der Waals surface area contributed by atoms with Gasteiger partial charge in [0.05, 0.1) is 0 Å². The van der Waals surface area contributed by atoms with E-state index in [4.69, 9.17) is 14.2 Å². The first-order chi connectivity index (χ1) is 34.0. The summed E-state index contributed by atoms with van der Waals surface area (Å²) in [6.45, 7) is 6.52. The molecule has 0 aliphatic rings. The topological polar surface area (TPSA) is 78.9 Å². The van der Waals surface area contributed by atoms with Crippen LogP contribution in [0.5, 0.6) is 0 Å². The lowest BCUT2D eigenvalue weighted by Crippen LogP contribution is -2.30. The van der Waals surface area contributed by atoms with E-state index >= 15 is 0 Å². The molecule has 0 aromatic carbocycles. The van der Waals surface area contributed by atoms with Crippen LogP contribution in [-0.4, -0.2) is 37.2 Å². The van der Waals surface area contributed by atoms with Gasteiger partial charge in [-0.25, -0.2) is 0 Å². The molecule has 0 aliphatic carbocycles. The molecule has 1 atom stereocenters. The molecule has 0 radical (unpaired) electrons. The number of hydrogen-bond acceptors (Lipinski definition) is 6. The zero-order chi connectivity index (χ0) is 50.0. The fraction of sp³-hybridized carbons (Fsp3) is 0.698. The van der Waals surface area contributed by atoms with Crippen molar-refractivity contribution in [3.63, 3.8) is 0 Å². The van der Waals surface area contributed by atoms with E-state index < -0.39 is 6.10 Å². The maximum atomic E-state index is 12.8. The molecule has 394 valence electrons. The summed E-state index contributed by atoms with van der Waals surface area (Å²) in [5, 5.41) is 0. The maximum Gasteiger partial charge on any atom is 0.306 e. The van der Waals surface area contributed by atoms with Gasteiger partial charge in [0, 0.05) is 19.3 Å². The summed E-state index contributed by atoms with van der Waals surface area (Å²) >= 11 is 0. The highest BCUT2D eigenvalue weighted by Gasteiger charge is 2.19. The highest BCUT2D eigenvalue weighted by atomic mass is 16.6. The predicted octanol–water partition coefficient (Wildman–Crippen LogP) is 19.3. The van der Waals surface area contributed by atoms with Crippen LogP contribution >= 0.6 is 0 Å². The molecule has 0 aliphatic heterocycles. The van der Waals surface area contributed by atoms with Crippen molar-refractivity contribution in [2.75, 3.05) is 13.2 Å². The van der Waals surface area contributed by atoms with Crippen LogP contribution in [0, 0.1) is 0 Å². The van der Waals surface area contributed by atoms with E-state index in [9.17, 15) is 14.4 Å². The van der Waals surface area contributed by atoms with Gasteiger partial charge in [0.2, 0.25) is 0 Å². The van der Waals surface area contributed by atoms with E-state index in [1.54, 1.807) is 0 Å². The van der Waals surface area contributed by atoms with E-state index in [-0.39, 0.29) is 44.0 Å². The predicted molar refractivity (Wildman–Crippen MR) is 297 cm³/mol. The fourth-order valence-corrected chi connectivity index (χ4v) is 7.67. The number of carbonyl (C=O) groups is 3. The average Bonchev–Trinajstić information content (AvgIpc) is 3.35. The van der Waals surface area contributed by atoms with Crippen molar-refractivity contribution in [3.05, 3.63) is 97.2 Å². The van der Waals surface area contributed by atoms with Crippen LogP contribution in [0.25, 0.3) is 0 Å². The number of hydrogen-bond donors (Lipinski definition) is 0. The first-order valence-corrected chi connectivity index (χ1v) is 28.7. The lowest BCUT2D eigenvalue weighted by atomic mass is 10.1. The summed E-state index contributed by atoms with van der Waals surface area (Å²) < 4.78 is 16.8. The molecule has 0 aromatic heterocycles. The fourth-order valence-electron chi connectivity index (χ4n) is 7.67. The van der Waals surface area contributed by atoms with Gasteiger partial charge in [-0.3, -0.25) is 14.4 Å². The summed E-state index contributed by atoms with van der Waals surface area (Å²) in [6, 6.07) is 0. The highest BCUT2D eigenvalue weighted by Crippen LogP contribution is 2.14. The molecule has 6 heteroatoms. The zero-order valence-corrected chi connectivity index (χ0v) is 45.0. The van der Waals surface area contributed by atoms with Crippen LogP contribution in [-0.2, 0) is 28.6 Å². The smallest absolute Gasteiger partial charge is 0.306 e. The van der Waals surface area contributed by atoms with Crippen LogP contribution < -0.4 is 0 Å². The molecular weight excluding hydrogens is 853 g/mol. The Kier molecular flexibility index (Phi) is 53.9. The Hall–Kier alpha value is -3.67. The molecule has 0 heterocycles. The first kappa shape index (κ1) is 65.3. The minimum atomic E-state index is -0.814. The Balaban J connectivity index is 4.52. The van der Waals surface area contributed by atoms with Crippen LogP contribution in [0.4, 0.5) is 0 Å². The second kappa shape index (κ2) is 56.9. The van der Waals surface area contributed by atoms with Gasteiger partial charge in [0.25, 0.3) is 0 Å². The Morgan fingerprint density at radius 1 is 0.290 bits per heavy atom. The molecule has 0 saturated heterocycles. The van der Waals surface area contributed by atoms with Gasteiger partial charge >= 0.3 is 17.9 Å². The van der Waals surface area contributed by atoms with E-state index in [0.717, 1.165) is 89.9 Å². The van der Waals surface area contributed by atoms with Gasteiger partial charge in [0.15, 0.2) is 6.10 Å². The lowest BCUT2D eigenvalue weighted by molar-refractivity contribution is -0.167. The number of esters is 3. The second-order valence-electron chi connectivity index (χ2n) is 18.8. The van der Waals surface area contributed by atoms with Crippen molar-refractivity contribution >= 4 is 17.9 Å². The molecular formula is C63H106O6. The maximum absolute atomic E-state index is 12.8. The van der Waals surface area contributed by atoms with E-state index in [1.807, 2.05) is 0 Å². The summed E-state index contributed by atoms with van der Waals surface area (Å²) in [6.07, 6.45) is 75.4. The third-order valence-corrected chi connectivity index (χ3v) is 12.0. The van der Waals surface area contributed by atoms with Crippen LogP contribution in [0.2, 0.25) is 0 Å². The summed E-state index contributed by atoms with van der Waals surface area (Å²) in [4.78, 5) is 38.1. The van der Waals surface area contributed by atoms with Crippen molar-refractivity contribution in [1.29, 1.82) is 0 Å². The van der Waals surface area contributed by atoms with Gasteiger partial charge in [-0.1, -0.05) is 221 Å². The van der Waals surface area contributed by atoms with Gasteiger partial charge in [-0.05, 0) is 122 Å². The Bertz CT molecular complexity index is 1380. The van der Waals surface area contributed by atoms with Crippen molar-refractivity contribution < 1.29 is 28.6 Å². The summed E-state index contributed by atoms with van der Waals surface area (Å²) in [5.74, 6) is -0.988. The Morgan fingerprint density at radius 2 is 0.536 bits per heavy atom. The molecule has 0 saturated carbocycles. The van der Waals surface area contributed by atoms with Crippen molar-refractivity contribution in [2.45, 2.75) is 271 Å². The molecule has 0 fully saturated rings. The van der Waals surface area contributed by atoms with Crippen molar-refractivity contribution in [3.8, 4) is 0 Å². The number of unbranched alkanes of at least 4 members (excludes halogenated alkanes) is 24. The van der Waals surface area contributed by atoms with Crippen LogP contribution in [0.15, 0.2) is 97.2 Å². The number of rotatable bonds is 51. The largest absolute Gasteiger partial charge is 0.462 e. The van der Waals surface area contributed by atoms with Gasteiger partial charge in [-0.2, -0.15) is 0 Å². The van der Waals surface area contributed by atoms with Crippen molar-refractivity contribution in [1.82, 2.24) is 0 Å². The normalized spacial score (nSPS) is 12.8. The number of carbonyl (C=O) groups excluding carboxylic acids is 3. The highest BCUT2D eigenvalue weighted by molar-refractivity contribution is 5.71. The first-order valence-electron chi connectivity index (χ1n) is 28.7. The SMILES string of the molecule is CCCCC/C=C/C/C=C/C/C=C/C/C=C/CCCC(=O)OC[C@@H](COC(=O)CCCCCCCCC/C=C/CCCCCCCC)OC(=O)CCCCCC/C=C/C/C=C/C/C=C/CCCCC. The Morgan fingerprint density at radius 3 is 0.913 bits per heavy atom. The molecule has 6 nitrogen and oxygen atoms in total. The van der Waals surface area contributed by atoms with Gasteiger partial charge in [0.1, 0.15) is 13.2 Å². The standard InChI is InChI=1S/C63H106O6/c1-4-7-10-13-16-19-22-25-28-31-34-37-40-43-46-49-52-55-61(64)67-58-60(69-63(66)57-54-51-48-45-42-39-36-33-30-27-24-21-18-15-12-9-6-3)59-68-62(65)56-53-50-47-44-41-38-35-32-29-26-23-20-17-14-11-8-5-2/h16,18-19,21,25-30,34,36-37,39,43,46,60H,4-15,17,20,22-24,31-33,35,38,40-42,44-45,47-59H2,1-3H3/b19-16+,21-18+,28-25+,29-26+,30-27+,37-34+,39-36+,46-43+/t60-/m0/s1. The molecule has 0 aromatic rings. The minimum Gasteiger partial charge on any atom is -0.462 e. The van der Waals surface area contributed by atoms with Crippen molar-refractivity contribution in [2.24, 2.45) is 0 Å². The molecule has 0 unspecified atom stereocenters. The molecule has 0 rings (SSSR count). The van der Waals surface area contributed by atoms with Gasteiger partial charge < -0.3 is 14.2 Å². The molecule has 0 amide bonds. The quantitative estimate of drug-likeness (QED) is 0.0262. The lowest BCUT2D eigenvalue weighted by Gasteiger charge is -2.18. The molecule has 0 bridgehead atoms. The number of allylic oxidation sites excluding steroid dienone is 16. The second-order valence-corrected chi connectivity index (χ2v) is 18.8. The third-order valence-electron chi connectivity index (χ3n) is 12.0. The molecule has 0 N–H and O–H groups in total. The van der Waals surface area contributed by atoms with E-state index in [1.165, 1.54) is 128 Å². The zero-order valence-electron chi connectivity index (χ0n) is 45.0. The molecule has 0 spiro atoms. The summed E-state index contributed by atoms with van der Waals surface area (Å²) in [7, 11) is 0. The summed E-state index contributed by atoms with van der Waals surface area (Å²) in [5.41, 5.74) is 0. The van der Waals surface area contributed by atoms with E-state index in [2.05, 4.69) is 118 Å². The minimum absolute atomic E-state index is 0.106. The molecule has 69 heavy (non-hydrogen) atoms. The van der Waals surface area contributed by atoms with Gasteiger partial charge in [-0.15, -0.1) is 0 Å².